The number of hydrogen-bond donors (Lipinski definition) is 1. The molecule has 0 unspecified atom stereocenters. The Labute approximate surface area is 204 Å². The molecule has 4 rings (SSSR count). The van der Waals surface area contributed by atoms with E-state index in [9.17, 15) is 14.9 Å². The molecule has 0 saturated carbocycles. The fourth-order valence-corrected chi connectivity index (χ4v) is 4.49. The molecule has 34 heavy (non-hydrogen) atoms. The number of hydrogen-bond acceptors (Lipinski definition) is 5. The van der Waals surface area contributed by atoms with Crippen molar-refractivity contribution in [2.45, 2.75) is 0 Å². The highest BCUT2D eigenvalue weighted by molar-refractivity contribution is 7.07. The Morgan fingerprint density at radius 3 is 2.50 bits per heavy atom. The molecule has 0 atom stereocenters. The largest absolute Gasteiger partial charge is 0.497 e. The van der Waals surface area contributed by atoms with Gasteiger partial charge in [0.15, 0.2) is 5.57 Å². The molecule has 168 valence electrons. The Morgan fingerprint density at radius 2 is 1.82 bits per heavy atom. The number of ether oxygens (including phenoxy) is 1. The maximum atomic E-state index is 13.4. The summed E-state index contributed by atoms with van der Waals surface area (Å²) in [5, 5.41) is 13.2. The molecule has 1 heterocycles. The number of carbonyl (C=O) groups is 1. The summed E-state index contributed by atoms with van der Waals surface area (Å²) in [5.74, 6) is -0.0618. The summed E-state index contributed by atoms with van der Waals surface area (Å²) < 4.78 is 7.19. The molecule has 4 aromatic rings. The van der Waals surface area contributed by atoms with Gasteiger partial charge in [0.25, 0.3) is 11.5 Å². The van der Waals surface area contributed by atoms with Crippen molar-refractivity contribution in [3.63, 3.8) is 0 Å². The van der Waals surface area contributed by atoms with Crippen molar-refractivity contribution in [3.8, 4) is 17.5 Å². The van der Waals surface area contributed by atoms with Gasteiger partial charge >= 0.3 is 0 Å². The first-order valence-electron chi connectivity index (χ1n) is 10.1. The van der Waals surface area contributed by atoms with Gasteiger partial charge in [0, 0.05) is 16.8 Å². The van der Waals surface area contributed by atoms with Crippen LogP contribution in [-0.2, 0) is 4.79 Å². The molecule has 3 aromatic carbocycles. The number of carbonyl (C=O) groups excluding carboxylic acids is 1. The Hall–Kier alpha value is -4.12. The average Bonchev–Trinajstić information content (AvgIpc) is 3.17. The zero-order valence-corrected chi connectivity index (χ0v) is 19.6. The SMILES string of the molecule is COc1cccc(NC(=O)C(C#N)=c2sc(=Cc3ccc(Cl)cc3)c(=O)n2-c2ccccc2)c1. The van der Waals surface area contributed by atoms with Gasteiger partial charge in [0.2, 0.25) is 0 Å². The second-order valence-corrected chi connectivity index (χ2v) is 8.58. The van der Waals surface area contributed by atoms with Crippen molar-refractivity contribution >= 4 is 46.2 Å². The number of amides is 1. The number of anilines is 1. The van der Waals surface area contributed by atoms with E-state index in [1.165, 1.54) is 11.7 Å². The minimum atomic E-state index is -0.625. The maximum Gasteiger partial charge on any atom is 0.273 e. The highest BCUT2D eigenvalue weighted by Crippen LogP contribution is 2.17. The maximum absolute atomic E-state index is 13.4. The standard InChI is InChI=1S/C26H18ClN3O3S/c1-33-21-9-5-6-19(15-21)29-24(31)22(16-28)26-30(20-7-3-2-4-8-20)25(32)23(34-26)14-17-10-12-18(27)13-11-17/h2-15H,1H3,(H,29,31). The number of nitrogens with zero attached hydrogens (tertiary/aromatic N) is 2. The summed E-state index contributed by atoms with van der Waals surface area (Å²) in [6.07, 6.45) is 1.71. The fourth-order valence-electron chi connectivity index (χ4n) is 3.26. The molecular formula is C26H18ClN3O3S. The second-order valence-electron chi connectivity index (χ2n) is 7.12. The van der Waals surface area contributed by atoms with E-state index in [0.29, 0.717) is 26.7 Å². The van der Waals surface area contributed by atoms with Crippen LogP contribution in [0, 0.1) is 11.3 Å². The highest BCUT2D eigenvalue weighted by Gasteiger charge is 2.17. The Kier molecular flexibility index (Phi) is 6.93. The van der Waals surface area contributed by atoms with Crippen LogP contribution in [0.3, 0.4) is 0 Å². The van der Waals surface area contributed by atoms with Gasteiger partial charge in [-0.15, -0.1) is 11.3 Å². The minimum absolute atomic E-state index is 0.176. The molecule has 0 saturated heterocycles. The van der Waals surface area contributed by atoms with Gasteiger partial charge in [0.1, 0.15) is 16.5 Å². The molecule has 0 fully saturated rings. The van der Waals surface area contributed by atoms with E-state index in [-0.39, 0.29) is 15.8 Å². The number of rotatable bonds is 5. The van der Waals surface area contributed by atoms with E-state index in [2.05, 4.69) is 5.32 Å². The van der Waals surface area contributed by atoms with Crippen LogP contribution in [0.15, 0.2) is 83.7 Å². The third-order valence-electron chi connectivity index (χ3n) is 4.89. The first kappa shape index (κ1) is 23.1. The predicted octanol–water partition coefficient (Wildman–Crippen LogP) is 3.70. The Morgan fingerprint density at radius 1 is 1.09 bits per heavy atom. The molecule has 1 amide bonds. The fraction of sp³-hybridized carbons (Fsp3) is 0.0385. The lowest BCUT2D eigenvalue weighted by Crippen LogP contribution is -2.32. The molecule has 0 bridgehead atoms. The van der Waals surface area contributed by atoms with Crippen LogP contribution in [0.2, 0.25) is 5.02 Å². The molecule has 0 spiro atoms. The predicted molar refractivity (Wildman–Crippen MR) is 135 cm³/mol. The van der Waals surface area contributed by atoms with Crippen LogP contribution in [0.25, 0.3) is 17.3 Å². The van der Waals surface area contributed by atoms with Crippen LogP contribution in [-0.4, -0.2) is 17.6 Å². The molecule has 8 heteroatoms. The molecule has 0 aliphatic carbocycles. The summed E-state index contributed by atoms with van der Waals surface area (Å²) in [5.41, 5.74) is 1.29. The van der Waals surface area contributed by atoms with E-state index in [4.69, 9.17) is 16.3 Å². The van der Waals surface area contributed by atoms with Crippen molar-refractivity contribution in [2.24, 2.45) is 0 Å². The normalized spacial score (nSPS) is 12.1. The van der Waals surface area contributed by atoms with Gasteiger partial charge in [-0.3, -0.25) is 14.2 Å². The molecule has 1 N–H and O–H groups in total. The van der Waals surface area contributed by atoms with Crippen LogP contribution in [0.4, 0.5) is 5.69 Å². The Balaban J connectivity index is 1.92. The van der Waals surface area contributed by atoms with E-state index in [1.54, 1.807) is 78.9 Å². The van der Waals surface area contributed by atoms with E-state index in [1.807, 2.05) is 12.1 Å². The van der Waals surface area contributed by atoms with Crippen molar-refractivity contribution < 1.29 is 9.53 Å². The van der Waals surface area contributed by atoms with Crippen LogP contribution < -0.4 is 24.8 Å². The highest BCUT2D eigenvalue weighted by atomic mass is 35.5. The summed E-state index contributed by atoms with van der Waals surface area (Å²) in [7, 11) is 1.52. The third-order valence-corrected chi connectivity index (χ3v) is 6.23. The molecule has 1 aromatic heterocycles. The molecule has 6 nitrogen and oxygen atoms in total. The van der Waals surface area contributed by atoms with E-state index >= 15 is 0 Å². The van der Waals surface area contributed by atoms with Crippen LogP contribution >= 0.6 is 22.9 Å². The van der Waals surface area contributed by atoms with Crippen LogP contribution in [0.5, 0.6) is 5.75 Å². The lowest BCUT2D eigenvalue weighted by atomic mass is 10.2. The van der Waals surface area contributed by atoms with Crippen molar-refractivity contribution in [1.29, 1.82) is 5.26 Å². The topological polar surface area (TPSA) is 84.1 Å². The van der Waals surface area contributed by atoms with Gasteiger partial charge < -0.3 is 10.1 Å². The first-order chi connectivity index (χ1) is 16.5. The monoisotopic (exact) mass is 487 g/mol. The summed E-state index contributed by atoms with van der Waals surface area (Å²) >= 11 is 7.04. The van der Waals surface area contributed by atoms with Gasteiger partial charge in [-0.05, 0) is 48.0 Å². The van der Waals surface area contributed by atoms with E-state index in [0.717, 1.165) is 16.9 Å². The van der Waals surface area contributed by atoms with E-state index < -0.39 is 5.91 Å². The quantitative estimate of drug-likeness (QED) is 0.465. The third kappa shape index (κ3) is 4.94. The van der Waals surface area contributed by atoms with Crippen molar-refractivity contribution in [2.75, 3.05) is 12.4 Å². The number of aromatic nitrogens is 1. The molecule has 0 radical (unpaired) electrons. The summed E-state index contributed by atoms with van der Waals surface area (Å²) in [6.45, 7) is 0. The average molecular weight is 488 g/mol. The zero-order chi connectivity index (χ0) is 24.1. The summed E-state index contributed by atoms with van der Waals surface area (Å²) in [6, 6.07) is 24.7. The minimum Gasteiger partial charge on any atom is -0.497 e. The van der Waals surface area contributed by atoms with Gasteiger partial charge in [-0.2, -0.15) is 5.26 Å². The van der Waals surface area contributed by atoms with Crippen molar-refractivity contribution in [3.05, 3.63) is 109 Å². The lowest BCUT2D eigenvalue weighted by molar-refractivity contribution is -0.111. The molecule has 0 aliphatic rings. The summed E-state index contributed by atoms with van der Waals surface area (Å²) in [4.78, 5) is 26.5. The molecular weight excluding hydrogens is 470 g/mol. The van der Waals surface area contributed by atoms with Gasteiger partial charge in [-0.1, -0.05) is 48.0 Å². The number of halogens is 1. The van der Waals surface area contributed by atoms with Crippen molar-refractivity contribution in [1.82, 2.24) is 4.57 Å². The number of para-hydroxylation sites is 1. The molecule has 0 aliphatic heterocycles. The number of benzene rings is 3. The second kappa shape index (κ2) is 10.2. The number of thiazole rings is 1. The van der Waals surface area contributed by atoms with Gasteiger partial charge in [-0.25, -0.2) is 0 Å². The smallest absolute Gasteiger partial charge is 0.273 e. The first-order valence-corrected chi connectivity index (χ1v) is 11.3. The Bertz CT molecular complexity index is 1570. The van der Waals surface area contributed by atoms with Crippen LogP contribution in [0.1, 0.15) is 5.56 Å². The number of nitriles is 1. The zero-order valence-electron chi connectivity index (χ0n) is 18.0. The lowest BCUT2D eigenvalue weighted by Gasteiger charge is -2.07. The van der Waals surface area contributed by atoms with Gasteiger partial charge in [0.05, 0.1) is 17.3 Å². The number of methoxy groups -OCH3 is 1. The number of nitrogens with one attached hydrogen (secondary N) is 1.